The Morgan fingerprint density at radius 1 is 1.23 bits per heavy atom. The number of thiazole rings is 1. The lowest BCUT2D eigenvalue weighted by Gasteiger charge is -2.62. The molecular weight excluding hydrogens is 413 g/mol. The fraction of sp³-hybridized carbons (Fsp3) is 0.792. The van der Waals surface area contributed by atoms with E-state index in [1.807, 2.05) is 5.38 Å². The number of likely N-dealkylation sites (tertiary alicyclic amines) is 1. The maximum atomic E-state index is 14.7. The van der Waals surface area contributed by atoms with Crippen LogP contribution in [0.25, 0.3) is 0 Å². The Kier molecular flexibility index (Phi) is 5.19. The number of aromatic nitrogens is 1. The van der Waals surface area contributed by atoms with E-state index in [-0.39, 0.29) is 34.6 Å². The van der Waals surface area contributed by atoms with E-state index in [9.17, 15) is 14.0 Å². The minimum atomic E-state index is -1.37. The SMILES string of the molecule is CN1C(=O)[C@H](F)C[C@]2(C)C3CC[C@]4(C)[C@@H](C(=O)NCc5nccs5)CC[C@H]4C3CC[C@@H]12. The summed E-state index contributed by atoms with van der Waals surface area (Å²) < 4.78 is 14.7. The van der Waals surface area contributed by atoms with Crippen LogP contribution < -0.4 is 5.32 Å². The lowest BCUT2D eigenvalue weighted by atomic mass is 9.46. The van der Waals surface area contributed by atoms with Gasteiger partial charge in [0.2, 0.25) is 5.91 Å². The Morgan fingerprint density at radius 2 is 2.00 bits per heavy atom. The molecule has 3 aliphatic carbocycles. The van der Waals surface area contributed by atoms with Gasteiger partial charge in [-0.25, -0.2) is 9.37 Å². The number of halogens is 1. The van der Waals surface area contributed by atoms with Crippen LogP contribution >= 0.6 is 11.3 Å². The zero-order valence-electron chi connectivity index (χ0n) is 18.8. The van der Waals surface area contributed by atoms with Crippen molar-refractivity contribution in [2.45, 2.75) is 77.6 Å². The van der Waals surface area contributed by atoms with Crippen molar-refractivity contribution in [1.29, 1.82) is 0 Å². The van der Waals surface area contributed by atoms with Crippen molar-refractivity contribution in [3.05, 3.63) is 16.6 Å². The van der Waals surface area contributed by atoms with Gasteiger partial charge in [-0.3, -0.25) is 9.59 Å². The molecule has 1 aromatic heterocycles. The number of piperidine rings is 1. The van der Waals surface area contributed by atoms with E-state index >= 15 is 0 Å². The highest BCUT2D eigenvalue weighted by Crippen LogP contribution is 2.66. The van der Waals surface area contributed by atoms with Crippen LogP contribution in [0.15, 0.2) is 11.6 Å². The summed E-state index contributed by atoms with van der Waals surface area (Å²) in [4.78, 5) is 31.4. The molecule has 7 heteroatoms. The molecule has 1 aromatic rings. The minimum Gasteiger partial charge on any atom is -0.349 e. The van der Waals surface area contributed by atoms with E-state index in [0.29, 0.717) is 30.7 Å². The first kappa shape index (κ1) is 21.4. The van der Waals surface area contributed by atoms with Crippen molar-refractivity contribution in [1.82, 2.24) is 15.2 Å². The minimum absolute atomic E-state index is 0.0167. The Hall–Kier alpha value is -1.50. The molecule has 5 rings (SSSR count). The third kappa shape index (κ3) is 3.17. The number of nitrogens with zero attached hydrogens (tertiary/aromatic N) is 2. The maximum Gasteiger partial charge on any atom is 0.257 e. The fourth-order valence-electron chi connectivity index (χ4n) is 8.26. The van der Waals surface area contributed by atoms with Crippen molar-refractivity contribution in [3.63, 3.8) is 0 Å². The first-order chi connectivity index (χ1) is 14.8. The molecule has 0 aromatic carbocycles. The first-order valence-electron chi connectivity index (χ1n) is 11.8. The van der Waals surface area contributed by atoms with Gasteiger partial charge in [0, 0.05) is 30.6 Å². The number of carbonyl (C=O) groups is 2. The van der Waals surface area contributed by atoms with Gasteiger partial charge in [-0.1, -0.05) is 13.8 Å². The number of fused-ring (bicyclic) bond motifs is 5. The van der Waals surface area contributed by atoms with E-state index in [0.717, 1.165) is 43.5 Å². The quantitative estimate of drug-likeness (QED) is 0.756. The van der Waals surface area contributed by atoms with Gasteiger partial charge in [-0.15, -0.1) is 11.3 Å². The Morgan fingerprint density at radius 3 is 2.74 bits per heavy atom. The molecule has 1 aliphatic heterocycles. The van der Waals surface area contributed by atoms with Crippen LogP contribution in [0.1, 0.15) is 63.8 Å². The monoisotopic (exact) mass is 447 g/mol. The highest BCUT2D eigenvalue weighted by molar-refractivity contribution is 7.09. The molecule has 0 radical (unpaired) electrons. The largest absolute Gasteiger partial charge is 0.349 e. The molecule has 2 unspecified atom stereocenters. The van der Waals surface area contributed by atoms with E-state index in [1.54, 1.807) is 29.5 Å². The van der Waals surface area contributed by atoms with Crippen LogP contribution in [0.5, 0.6) is 0 Å². The Balaban J connectivity index is 1.34. The number of hydrogen-bond acceptors (Lipinski definition) is 4. The molecule has 0 bridgehead atoms. The van der Waals surface area contributed by atoms with Crippen LogP contribution in [0.4, 0.5) is 4.39 Å². The third-order valence-corrected chi connectivity index (χ3v) is 10.5. The smallest absolute Gasteiger partial charge is 0.257 e. The average molecular weight is 448 g/mol. The highest BCUT2D eigenvalue weighted by atomic mass is 32.1. The van der Waals surface area contributed by atoms with Crippen LogP contribution in [0.2, 0.25) is 0 Å². The molecule has 2 amide bonds. The Labute approximate surface area is 188 Å². The first-order valence-corrected chi connectivity index (χ1v) is 12.7. The van der Waals surface area contributed by atoms with Crippen molar-refractivity contribution >= 4 is 23.2 Å². The highest BCUT2D eigenvalue weighted by Gasteiger charge is 2.63. The summed E-state index contributed by atoms with van der Waals surface area (Å²) in [6.07, 6.45) is 6.90. The molecule has 2 heterocycles. The summed E-state index contributed by atoms with van der Waals surface area (Å²) in [5.41, 5.74) is -0.139. The maximum absolute atomic E-state index is 14.7. The number of carbonyl (C=O) groups excluding carboxylic acids is 2. The third-order valence-electron chi connectivity index (χ3n) is 9.73. The van der Waals surface area contributed by atoms with Crippen molar-refractivity contribution in [3.8, 4) is 0 Å². The van der Waals surface area contributed by atoms with Gasteiger partial charge in [0.15, 0.2) is 6.17 Å². The van der Waals surface area contributed by atoms with E-state index < -0.39 is 6.17 Å². The van der Waals surface area contributed by atoms with Crippen LogP contribution in [0, 0.1) is 34.5 Å². The molecule has 8 atom stereocenters. The molecule has 0 spiro atoms. The average Bonchev–Trinajstić information content (AvgIpc) is 3.37. The predicted molar refractivity (Wildman–Crippen MR) is 118 cm³/mol. The summed E-state index contributed by atoms with van der Waals surface area (Å²) in [5.74, 6) is 1.37. The molecule has 170 valence electrons. The van der Waals surface area contributed by atoms with Gasteiger partial charge in [0.1, 0.15) is 5.01 Å². The van der Waals surface area contributed by atoms with E-state index in [4.69, 9.17) is 0 Å². The van der Waals surface area contributed by atoms with Gasteiger partial charge in [-0.2, -0.15) is 0 Å². The topological polar surface area (TPSA) is 62.3 Å². The van der Waals surface area contributed by atoms with E-state index in [1.165, 1.54) is 0 Å². The second-order valence-electron chi connectivity index (χ2n) is 10.9. The summed E-state index contributed by atoms with van der Waals surface area (Å²) in [6.45, 7) is 5.08. The zero-order chi connectivity index (χ0) is 22.0. The van der Waals surface area contributed by atoms with E-state index in [2.05, 4.69) is 24.1 Å². The molecule has 4 aliphatic rings. The molecule has 4 fully saturated rings. The van der Waals surface area contributed by atoms with Gasteiger partial charge in [0.25, 0.3) is 5.91 Å². The van der Waals surface area contributed by atoms with Crippen LogP contribution in [0.3, 0.4) is 0 Å². The number of alkyl halides is 1. The summed E-state index contributed by atoms with van der Waals surface area (Å²) in [5, 5.41) is 6.02. The second-order valence-corrected chi connectivity index (χ2v) is 11.9. The molecular formula is C24H34FN3O2S. The Bertz CT molecular complexity index is 863. The second kappa shape index (κ2) is 7.53. The number of hydrogen-bond donors (Lipinski definition) is 1. The van der Waals surface area contributed by atoms with Gasteiger partial charge in [-0.05, 0) is 73.5 Å². The predicted octanol–water partition coefficient (Wildman–Crippen LogP) is 4.19. The fourth-order valence-corrected chi connectivity index (χ4v) is 8.82. The van der Waals surface area contributed by atoms with Crippen molar-refractivity contribution in [2.24, 2.45) is 34.5 Å². The molecule has 31 heavy (non-hydrogen) atoms. The van der Waals surface area contributed by atoms with Crippen molar-refractivity contribution in [2.75, 3.05) is 7.05 Å². The summed E-state index contributed by atoms with van der Waals surface area (Å²) in [6, 6.07) is 0.149. The van der Waals surface area contributed by atoms with Crippen LogP contribution in [-0.2, 0) is 16.1 Å². The lowest BCUT2D eigenvalue weighted by Crippen LogP contribution is -2.64. The van der Waals surface area contributed by atoms with Crippen LogP contribution in [-0.4, -0.2) is 41.0 Å². The molecule has 1 saturated heterocycles. The summed E-state index contributed by atoms with van der Waals surface area (Å²) >= 11 is 1.57. The zero-order valence-corrected chi connectivity index (χ0v) is 19.6. The lowest BCUT2D eigenvalue weighted by molar-refractivity contribution is -0.169. The molecule has 1 N–H and O–H groups in total. The molecule has 5 nitrogen and oxygen atoms in total. The number of nitrogens with one attached hydrogen (secondary N) is 1. The van der Waals surface area contributed by atoms with Gasteiger partial charge < -0.3 is 10.2 Å². The molecule has 3 saturated carbocycles. The number of amides is 2. The van der Waals surface area contributed by atoms with Gasteiger partial charge in [0.05, 0.1) is 6.54 Å². The standard InChI is InChI=1S/C24H34FN3O2S/c1-23-9-8-16-14(4-7-19-24(16,2)12-18(25)22(30)28(19)3)15(23)5-6-17(23)21(29)27-13-20-26-10-11-31-20/h10-11,14-19H,4-9,12-13H2,1-3H3,(H,27,29)/t14?,15-,16?,17+,18+,19+,23-,24+/m0/s1. The van der Waals surface area contributed by atoms with Crippen molar-refractivity contribution < 1.29 is 14.0 Å². The summed E-state index contributed by atoms with van der Waals surface area (Å²) in [7, 11) is 1.79. The normalized spacial score (nSPS) is 44.4. The van der Waals surface area contributed by atoms with Gasteiger partial charge >= 0.3 is 0 Å². The number of rotatable bonds is 3.